The van der Waals surface area contributed by atoms with Crippen LogP contribution >= 0.6 is 0 Å². The zero-order valence-corrected chi connectivity index (χ0v) is 17.9. The Morgan fingerprint density at radius 3 is 2.55 bits per heavy atom. The first-order valence-corrected chi connectivity index (χ1v) is 10.6. The summed E-state index contributed by atoms with van der Waals surface area (Å²) < 4.78 is 18.9. The van der Waals surface area contributed by atoms with E-state index in [0.29, 0.717) is 17.8 Å². The Kier molecular flexibility index (Phi) is 5.54. The maximum absolute atomic E-state index is 13.2. The van der Waals surface area contributed by atoms with Gasteiger partial charge in [-0.25, -0.2) is 9.18 Å². The molecule has 1 N–H and O–H groups in total. The normalized spacial score (nSPS) is 18.1. The Labute approximate surface area is 181 Å². The van der Waals surface area contributed by atoms with Gasteiger partial charge in [-0.1, -0.05) is 6.92 Å². The van der Waals surface area contributed by atoms with Gasteiger partial charge in [-0.15, -0.1) is 0 Å². The van der Waals surface area contributed by atoms with Crippen molar-refractivity contribution in [3.05, 3.63) is 65.0 Å². The second-order valence-corrected chi connectivity index (χ2v) is 8.75. The Morgan fingerprint density at radius 2 is 1.90 bits per heavy atom. The number of halogens is 1. The molecular formula is C24H26FN3O3. The van der Waals surface area contributed by atoms with Crippen molar-refractivity contribution >= 4 is 17.5 Å². The van der Waals surface area contributed by atoms with Gasteiger partial charge in [0.15, 0.2) is 5.94 Å². The summed E-state index contributed by atoms with van der Waals surface area (Å²) in [6, 6.07) is 9.21. The van der Waals surface area contributed by atoms with Crippen molar-refractivity contribution in [1.82, 2.24) is 10.3 Å². The first-order valence-electron chi connectivity index (χ1n) is 10.6. The minimum atomic E-state index is -0.754. The number of anilines is 1. The van der Waals surface area contributed by atoms with Crippen LogP contribution in [0, 0.1) is 5.82 Å². The second kappa shape index (κ2) is 8.16. The lowest BCUT2D eigenvalue weighted by molar-refractivity contribution is 0.0910. The number of aromatic nitrogens is 1. The summed E-state index contributed by atoms with van der Waals surface area (Å²) in [6.07, 6.45) is 2.85. The van der Waals surface area contributed by atoms with E-state index in [1.54, 1.807) is 0 Å². The third-order valence-electron chi connectivity index (χ3n) is 5.75. The fraction of sp³-hybridized carbons (Fsp3) is 0.417. The number of fused-ring (bicyclic) bond motifs is 1. The van der Waals surface area contributed by atoms with E-state index in [-0.39, 0.29) is 29.6 Å². The zero-order chi connectivity index (χ0) is 22.2. The average molecular weight is 423 g/mol. The molecule has 1 aliphatic heterocycles. The predicted octanol–water partition coefficient (Wildman–Crippen LogP) is 4.05. The molecule has 1 fully saturated rings. The summed E-state index contributed by atoms with van der Waals surface area (Å²) in [5.41, 5.74) is 2.03. The molecule has 2 heterocycles. The Bertz CT molecular complexity index is 1040. The van der Waals surface area contributed by atoms with Gasteiger partial charge >= 0.3 is 0 Å². The lowest BCUT2D eigenvalue weighted by Crippen LogP contribution is -2.42. The van der Waals surface area contributed by atoms with E-state index < -0.39 is 5.54 Å². The molecule has 1 aliphatic carbocycles. The third-order valence-corrected chi connectivity index (χ3v) is 5.75. The van der Waals surface area contributed by atoms with E-state index in [4.69, 9.17) is 9.72 Å². The lowest BCUT2D eigenvalue weighted by Gasteiger charge is -2.35. The van der Waals surface area contributed by atoms with Crippen LogP contribution in [0.3, 0.4) is 0 Å². The molecule has 0 saturated heterocycles. The number of hydrogen-bond donors (Lipinski definition) is 1. The molecule has 31 heavy (non-hydrogen) atoms. The number of pyridine rings is 1. The van der Waals surface area contributed by atoms with Gasteiger partial charge in [-0.2, -0.15) is 0 Å². The van der Waals surface area contributed by atoms with Gasteiger partial charge in [-0.3, -0.25) is 9.78 Å². The third kappa shape index (κ3) is 4.47. The Balaban J connectivity index is 1.59. The van der Waals surface area contributed by atoms with Crippen LogP contribution in [-0.2, 0) is 15.1 Å². The highest BCUT2D eigenvalue weighted by Crippen LogP contribution is 2.38. The molecule has 2 aliphatic rings. The molecular weight excluding hydrogens is 397 g/mol. The van der Waals surface area contributed by atoms with E-state index >= 15 is 0 Å². The predicted molar refractivity (Wildman–Crippen MR) is 115 cm³/mol. The largest absolute Gasteiger partial charge is 0.467 e. The van der Waals surface area contributed by atoms with Gasteiger partial charge in [0, 0.05) is 18.0 Å². The molecule has 7 heteroatoms. The molecule has 1 amide bonds. The SMILES string of the molecule is C[C@@H]1CCN(C(=C=O)OC2CC2)c2ccc(C(C)(C)NC(=O)c3ccc(F)cc3)nc21. The van der Waals surface area contributed by atoms with E-state index in [1.165, 1.54) is 24.3 Å². The van der Waals surface area contributed by atoms with Crippen LogP contribution in [0.1, 0.15) is 67.7 Å². The van der Waals surface area contributed by atoms with Crippen molar-refractivity contribution in [2.24, 2.45) is 0 Å². The number of carbonyl (C=O) groups excluding carboxylic acids is 2. The summed E-state index contributed by atoms with van der Waals surface area (Å²) in [7, 11) is 0. The minimum Gasteiger partial charge on any atom is -0.467 e. The quantitative estimate of drug-likeness (QED) is 0.561. The molecule has 2 aromatic rings. The van der Waals surface area contributed by atoms with E-state index in [1.807, 2.05) is 36.8 Å². The van der Waals surface area contributed by atoms with Crippen LogP contribution in [0.2, 0.25) is 0 Å². The summed E-state index contributed by atoms with van der Waals surface area (Å²) in [5.74, 6) is 1.67. The summed E-state index contributed by atoms with van der Waals surface area (Å²) in [6.45, 7) is 6.52. The standard InChI is InChI=1S/C24H26FN3O3/c1-15-12-13-28(21(14-29)31-18-8-9-18)19-10-11-20(26-22(15)19)24(2,3)27-23(30)16-4-6-17(25)7-5-16/h4-7,10-11,15,18H,8-9,12-13H2,1-3H3,(H,27,30)/t15-/m1/s1. The summed E-state index contributed by atoms with van der Waals surface area (Å²) >= 11 is 0. The number of hydrogen-bond acceptors (Lipinski definition) is 5. The summed E-state index contributed by atoms with van der Waals surface area (Å²) in [5, 5.41) is 2.98. The van der Waals surface area contributed by atoms with Gasteiger partial charge < -0.3 is 15.0 Å². The minimum absolute atomic E-state index is 0.104. The van der Waals surface area contributed by atoms with Gasteiger partial charge in [-0.05, 0) is 69.5 Å². The average Bonchev–Trinajstić information content (AvgIpc) is 3.57. The fourth-order valence-electron chi connectivity index (χ4n) is 3.71. The smallest absolute Gasteiger partial charge is 0.282 e. The molecule has 1 saturated carbocycles. The van der Waals surface area contributed by atoms with Gasteiger partial charge in [0.2, 0.25) is 0 Å². The molecule has 1 atom stereocenters. The summed E-state index contributed by atoms with van der Waals surface area (Å²) in [4.78, 5) is 30.9. The highest BCUT2D eigenvalue weighted by atomic mass is 19.1. The number of nitrogens with one attached hydrogen (secondary N) is 1. The number of amides is 1. The van der Waals surface area contributed by atoms with Crippen molar-refractivity contribution in [3.63, 3.8) is 0 Å². The first kappa shape index (κ1) is 21.1. The van der Waals surface area contributed by atoms with Crippen LogP contribution in [0.25, 0.3) is 0 Å². The van der Waals surface area contributed by atoms with Crippen molar-refractivity contribution in [2.45, 2.75) is 57.6 Å². The maximum Gasteiger partial charge on any atom is 0.282 e. The highest BCUT2D eigenvalue weighted by Gasteiger charge is 2.33. The molecule has 6 nitrogen and oxygen atoms in total. The van der Waals surface area contributed by atoms with Gasteiger partial charge in [0.05, 0.1) is 22.6 Å². The topological polar surface area (TPSA) is 71.5 Å². The Hall–Kier alpha value is -3.18. The molecule has 1 aromatic heterocycles. The van der Waals surface area contributed by atoms with Crippen LogP contribution in [0.5, 0.6) is 0 Å². The van der Waals surface area contributed by atoms with Crippen LogP contribution in [-0.4, -0.2) is 29.5 Å². The van der Waals surface area contributed by atoms with E-state index in [2.05, 4.69) is 12.2 Å². The van der Waals surface area contributed by atoms with Crippen LogP contribution in [0.15, 0.2) is 42.3 Å². The molecule has 1 aromatic carbocycles. The lowest BCUT2D eigenvalue weighted by atomic mass is 9.93. The number of ether oxygens (including phenoxy) is 1. The number of rotatable bonds is 6. The molecule has 0 bridgehead atoms. The van der Waals surface area contributed by atoms with E-state index in [9.17, 15) is 14.0 Å². The van der Waals surface area contributed by atoms with Crippen molar-refractivity contribution in [3.8, 4) is 0 Å². The number of benzene rings is 1. The van der Waals surface area contributed by atoms with Gasteiger partial charge in [0.25, 0.3) is 11.8 Å². The number of carbonyl (C=O) groups is 1. The first-order chi connectivity index (χ1) is 14.8. The highest BCUT2D eigenvalue weighted by molar-refractivity contribution is 5.94. The molecule has 4 rings (SSSR count). The Morgan fingerprint density at radius 1 is 1.19 bits per heavy atom. The molecule has 0 spiro atoms. The second-order valence-electron chi connectivity index (χ2n) is 8.75. The molecule has 0 unspecified atom stereocenters. The van der Waals surface area contributed by atoms with Crippen molar-refractivity contribution < 1.29 is 18.7 Å². The monoisotopic (exact) mass is 423 g/mol. The zero-order valence-electron chi connectivity index (χ0n) is 17.9. The maximum atomic E-state index is 13.2. The van der Waals surface area contributed by atoms with Gasteiger partial charge in [0.1, 0.15) is 11.9 Å². The van der Waals surface area contributed by atoms with E-state index in [0.717, 1.165) is 30.6 Å². The number of nitrogens with zero attached hydrogens (tertiary/aromatic N) is 2. The molecule has 162 valence electrons. The van der Waals surface area contributed by atoms with Crippen molar-refractivity contribution in [1.29, 1.82) is 0 Å². The van der Waals surface area contributed by atoms with Crippen LogP contribution < -0.4 is 10.2 Å². The fourth-order valence-corrected chi connectivity index (χ4v) is 3.71. The van der Waals surface area contributed by atoms with Crippen LogP contribution in [0.4, 0.5) is 10.1 Å². The molecule has 0 radical (unpaired) electrons. The van der Waals surface area contributed by atoms with Crippen molar-refractivity contribution in [2.75, 3.05) is 11.4 Å².